The number of carbonyl (C=O) groups is 2. The summed E-state index contributed by atoms with van der Waals surface area (Å²) in [5, 5.41) is 25.5. The topological polar surface area (TPSA) is 171 Å². The van der Waals surface area contributed by atoms with Crippen molar-refractivity contribution in [3.63, 3.8) is 0 Å². The van der Waals surface area contributed by atoms with E-state index in [4.69, 9.17) is 16.1 Å². The molecule has 3 rings (SSSR count). The lowest BCUT2D eigenvalue weighted by molar-refractivity contribution is 0.0140. The van der Waals surface area contributed by atoms with Crippen LogP contribution in [-0.4, -0.2) is 59.6 Å². The van der Waals surface area contributed by atoms with Crippen molar-refractivity contribution < 1.29 is 23.1 Å². The largest absolute Gasteiger partial charge is 0.465 e. The van der Waals surface area contributed by atoms with E-state index in [1.165, 1.54) is 35.1 Å². The lowest BCUT2D eigenvalue weighted by atomic mass is 9.87. The van der Waals surface area contributed by atoms with E-state index in [0.717, 1.165) is 11.2 Å². The number of benzene rings is 1. The molecule has 1 fully saturated rings. The van der Waals surface area contributed by atoms with Crippen LogP contribution in [0.5, 0.6) is 0 Å². The molecule has 1 aromatic carbocycles. The third-order valence-corrected chi connectivity index (χ3v) is 5.79. The number of rotatable bonds is 6. The first kappa shape index (κ1) is 20.2. The highest BCUT2D eigenvalue weighted by atomic mass is 32.2. The van der Waals surface area contributed by atoms with E-state index in [1.807, 2.05) is 6.07 Å². The Balaban J connectivity index is 1.92. The van der Waals surface area contributed by atoms with Crippen LogP contribution in [0.25, 0.3) is 0 Å². The molecule has 0 saturated carbocycles. The number of amides is 2. The molecule has 2 amide bonds. The van der Waals surface area contributed by atoms with Crippen molar-refractivity contribution in [3.8, 4) is 6.07 Å². The molecule has 2 aromatic rings. The van der Waals surface area contributed by atoms with Gasteiger partial charge < -0.3 is 21.1 Å². The average molecular weight is 418 g/mol. The van der Waals surface area contributed by atoms with Crippen molar-refractivity contribution >= 4 is 33.3 Å². The van der Waals surface area contributed by atoms with Crippen LogP contribution in [0.3, 0.4) is 0 Å². The first-order valence-corrected chi connectivity index (χ1v) is 10.3. The Morgan fingerprint density at radius 3 is 2.45 bits per heavy atom. The van der Waals surface area contributed by atoms with Gasteiger partial charge >= 0.3 is 6.09 Å². The van der Waals surface area contributed by atoms with Crippen molar-refractivity contribution in [3.05, 3.63) is 36.0 Å². The molecule has 1 aliphatic rings. The number of aromatic nitrogens is 2. The minimum atomic E-state index is -3.35. The molecular formula is C17H18N6O5S. The predicted molar refractivity (Wildman–Crippen MR) is 101 cm³/mol. The van der Waals surface area contributed by atoms with Crippen molar-refractivity contribution in [1.82, 2.24) is 14.7 Å². The summed E-state index contributed by atoms with van der Waals surface area (Å²) in [5.74, 6) is -0.635. The second-order valence-electron chi connectivity index (χ2n) is 6.82. The standard InChI is InChI=1S/C17H18N6O5S/c1-29(27,28)12-4-2-11(3-5-12)20-15-13(14(19)24)8-23(21-15)17(6-7-18)9-22(10-17)16(25)26/h2-5,8H,6,9-10H2,1H3,(H2,19,24)(H,20,21)(H,25,26). The van der Waals surface area contributed by atoms with Gasteiger partial charge in [-0.05, 0) is 24.3 Å². The molecule has 4 N–H and O–H groups in total. The number of nitrogens with zero attached hydrogens (tertiary/aromatic N) is 4. The minimum Gasteiger partial charge on any atom is -0.465 e. The maximum Gasteiger partial charge on any atom is 0.407 e. The van der Waals surface area contributed by atoms with Crippen LogP contribution >= 0.6 is 0 Å². The Morgan fingerprint density at radius 1 is 1.34 bits per heavy atom. The van der Waals surface area contributed by atoms with E-state index in [1.54, 1.807) is 0 Å². The van der Waals surface area contributed by atoms with Crippen molar-refractivity contribution in [2.45, 2.75) is 16.9 Å². The van der Waals surface area contributed by atoms with Crippen LogP contribution in [0.2, 0.25) is 0 Å². The quantitative estimate of drug-likeness (QED) is 0.616. The molecule has 0 unspecified atom stereocenters. The Labute approximate surface area is 166 Å². The molecule has 0 radical (unpaired) electrons. The average Bonchev–Trinajstić information content (AvgIpc) is 3.01. The number of hydrogen-bond donors (Lipinski definition) is 3. The number of carboxylic acid groups (broad SMARTS) is 1. The van der Waals surface area contributed by atoms with Crippen LogP contribution in [0.15, 0.2) is 35.4 Å². The minimum absolute atomic E-state index is 0.000835. The number of likely N-dealkylation sites (tertiary alicyclic amines) is 1. The van der Waals surface area contributed by atoms with Crippen LogP contribution in [0.4, 0.5) is 16.3 Å². The van der Waals surface area contributed by atoms with Crippen molar-refractivity contribution in [2.75, 3.05) is 24.7 Å². The maximum atomic E-state index is 11.9. The van der Waals surface area contributed by atoms with E-state index in [9.17, 15) is 18.0 Å². The zero-order valence-corrected chi connectivity index (χ0v) is 16.2. The number of hydrogen-bond acceptors (Lipinski definition) is 7. The smallest absolute Gasteiger partial charge is 0.407 e. The third kappa shape index (κ3) is 3.85. The summed E-state index contributed by atoms with van der Waals surface area (Å²) >= 11 is 0. The van der Waals surface area contributed by atoms with Gasteiger partial charge in [0, 0.05) is 18.1 Å². The lowest BCUT2D eigenvalue weighted by Crippen LogP contribution is -2.64. The van der Waals surface area contributed by atoms with Gasteiger partial charge in [0.25, 0.3) is 5.91 Å². The fourth-order valence-electron chi connectivity index (χ4n) is 3.10. The summed E-state index contributed by atoms with van der Waals surface area (Å²) < 4.78 is 24.5. The first-order chi connectivity index (χ1) is 13.6. The fraction of sp³-hybridized carbons (Fsp3) is 0.294. The van der Waals surface area contributed by atoms with Gasteiger partial charge in [0.05, 0.1) is 30.5 Å². The highest BCUT2D eigenvalue weighted by molar-refractivity contribution is 7.90. The van der Waals surface area contributed by atoms with Crippen LogP contribution in [-0.2, 0) is 15.4 Å². The normalized spacial score (nSPS) is 15.2. The van der Waals surface area contributed by atoms with E-state index in [0.29, 0.717) is 5.69 Å². The van der Waals surface area contributed by atoms with Gasteiger partial charge in [0.1, 0.15) is 11.1 Å². The molecule has 1 aliphatic heterocycles. The van der Waals surface area contributed by atoms with Gasteiger partial charge in [0.2, 0.25) is 0 Å². The molecule has 152 valence electrons. The Bertz CT molecular complexity index is 1110. The summed E-state index contributed by atoms with van der Waals surface area (Å²) in [6.45, 7) is 0.108. The second-order valence-corrected chi connectivity index (χ2v) is 8.84. The van der Waals surface area contributed by atoms with Gasteiger partial charge in [0.15, 0.2) is 15.7 Å². The van der Waals surface area contributed by atoms with Gasteiger partial charge in [-0.25, -0.2) is 13.2 Å². The fourth-order valence-corrected chi connectivity index (χ4v) is 3.73. The van der Waals surface area contributed by atoms with E-state index in [2.05, 4.69) is 10.4 Å². The van der Waals surface area contributed by atoms with Crippen molar-refractivity contribution in [2.24, 2.45) is 5.73 Å². The zero-order valence-electron chi connectivity index (χ0n) is 15.4. The monoisotopic (exact) mass is 418 g/mol. The van der Waals surface area contributed by atoms with Gasteiger partial charge in [-0.15, -0.1) is 0 Å². The zero-order chi connectivity index (χ0) is 21.4. The molecule has 0 atom stereocenters. The summed E-state index contributed by atoms with van der Waals surface area (Å²) in [7, 11) is -3.35. The summed E-state index contributed by atoms with van der Waals surface area (Å²) in [4.78, 5) is 24.2. The number of carbonyl (C=O) groups excluding carboxylic acids is 1. The molecule has 0 bridgehead atoms. The molecule has 2 heterocycles. The van der Waals surface area contributed by atoms with Crippen LogP contribution < -0.4 is 11.1 Å². The number of nitrogens with two attached hydrogens (primary N) is 1. The van der Waals surface area contributed by atoms with Crippen LogP contribution in [0.1, 0.15) is 16.8 Å². The Kier molecular flexibility index (Phi) is 4.93. The molecule has 0 aliphatic carbocycles. The van der Waals surface area contributed by atoms with Crippen LogP contribution in [0, 0.1) is 11.3 Å². The number of sulfone groups is 1. The van der Waals surface area contributed by atoms with Crippen molar-refractivity contribution in [1.29, 1.82) is 5.26 Å². The number of primary amides is 1. The van der Waals surface area contributed by atoms with E-state index >= 15 is 0 Å². The molecular weight excluding hydrogens is 400 g/mol. The first-order valence-electron chi connectivity index (χ1n) is 8.38. The van der Waals surface area contributed by atoms with Gasteiger partial charge in [-0.3, -0.25) is 9.48 Å². The maximum absolute atomic E-state index is 11.9. The number of anilines is 2. The Morgan fingerprint density at radius 2 is 1.97 bits per heavy atom. The van der Waals surface area contributed by atoms with Gasteiger partial charge in [-0.2, -0.15) is 10.4 Å². The predicted octanol–water partition coefficient (Wildman–Crippen LogP) is 0.732. The summed E-state index contributed by atoms with van der Waals surface area (Å²) in [6.07, 6.45) is 1.37. The van der Waals surface area contributed by atoms with E-state index < -0.39 is 27.4 Å². The van der Waals surface area contributed by atoms with E-state index in [-0.39, 0.29) is 35.8 Å². The SMILES string of the molecule is CS(=O)(=O)c1ccc(Nc2nn(C3(CC#N)CN(C(=O)O)C3)cc2C(N)=O)cc1. The molecule has 11 nitrogen and oxygen atoms in total. The molecule has 1 aromatic heterocycles. The molecule has 12 heteroatoms. The molecule has 29 heavy (non-hydrogen) atoms. The summed E-state index contributed by atoms with van der Waals surface area (Å²) in [6, 6.07) is 7.87. The number of nitrogens with one attached hydrogen (secondary N) is 1. The highest BCUT2D eigenvalue weighted by Crippen LogP contribution is 2.34. The Hall–Kier alpha value is -3.59. The highest BCUT2D eigenvalue weighted by Gasteiger charge is 2.48. The van der Waals surface area contributed by atoms with Gasteiger partial charge in [-0.1, -0.05) is 0 Å². The number of nitriles is 1. The third-order valence-electron chi connectivity index (χ3n) is 4.66. The molecule has 1 saturated heterocycles. The second kappa shape index (κ2) is 7.10. The lowest BCUT2D eigenvalue weighted by Gasteiger charge is -2.47. The molecule has 0 spiro atoms. The summed E-state index contributed by atoms with van der Waals surface area (Å²) in [5.41, 5.74) is 5.07.